The van der Waals surface area contributed by atoms with Crippen molar-refractivity contribution in [3.63, 3.8) is 0 Å². The van der Waals surface area contributed by atoms with Crippen LogP contribution in [0.5, 0.6) is 11.5 Å². The number of nitrogens with one attached hydrogen (secondary N) is 1. The molecule has 158 valence electrons. The molecule has 1 atom stereocenters. The second-order valence-corrected chi connectivity index (χ2v) is 8.34. The molecule has 0 saturated carbocycles. The summed E-state index contributed by atoms with van der Waals surface area (Å²) >= 11 is 0. The van der Waals surface area contributed by atoms with Gasteiger partial charge in [-0.2, -0.15) is 0 Å². The number of primary sulfonamides is 1. The summed E-state index contributed by atoms with van der Waals surface area (Å²) in [6, 6.07) is 9.09. The lowest BCUT2D eigenvalue weighted by atomic mass is 10.1. The highest BCUT2D eigenvalue weighted by molar-refractivity contribution is 7.89. The van der Waals surface area contributed by atoms with E-state index in [4.69, 9.17) is 14.6 Å². The summed E-state index contributed by atoms with van der Waals surface area (Å²) in [7, 11) is 1.25. The van der Waals surface area contributed by atoms with Crippen molar-refractivity contribution in [2.24, 2.45) is 5.14 Å². The van der Waals surface area contributed by atoms with Crippen LogP contribution in [0.1, 0.15) is 18.1 Å². The fraction of sp³-hybridized carbons (Fsp3) is 0.350. The highest BCUT2D eigenvalue weighted by atomic mass is 32.2. The fourth-order valence-corrected chi connectivity index (χ4v) is 3.29. The molecule has 0 fully saturated rings. The third kappa shape index (κ3) is 5.69. The Morgan fingerprint density at radius 1 is 1.14 bits per heavy atom. The zero-order valence-corrected chi connectivity index (χ0v) is 18.0. The van der Waals surface area contributed by atoms with Crippen LogP contribution >= 0.6 is 0 Å². The van der Waals surface area contributed by atoms with E-state index in [9.17, 15) is 13.2 Å². The summed E-state index contributed by atoms with van der Waals surface area (Å²) in [5.74, 6) is 1.08. The van der Waals surface area contributed by atoms with Crippen molar-refractivity contribution in [1.82, 2.24) is 4.90 Å². The van der Waals surface area contributed by atoms with Crippen LogP contribution in [0, 0.1) is 6.92 Å². The number of hydrogen-bond donors (Lipinski definition) is 2. The molecule has 8 nitrogen and oxygen atoms in total. The SMILES string of the molecule is COc1cc(C)c(CN(C)[C@@H](C)C(=O)Nc2ccc(S(N)(=O)=O)cc2)cc1OC. The lowest BCUT2D eigenvalue weighted by molar-refractivity contribution is -0.120. The van der Waals surface area contributed by atoms with Crippen LogP contribution in [-0.2, 0) is 21.4 Å². The van der Waals surface area contributed by atoms with Gasteiger partial charge in [0.1, 0.15) is 0 Å². The molecule has 0 saturated heterocycles. The monoisotopic (exact) mass is 421 g/mol. The van der Waals surface area contributed by atoms with Gasteiger partial charge in [-0.15, -0.1) is 0 Å². The molecule has 0 bridgehead atoms. The minimum atomic E-state index is -3.77. The Balaban J connectivity index is 2.08. The molecule has 0 spiro atoms. The molecule has 0 heterocycles. The maximum Gasteiger partial charge on any atom is 0.241 e. The molecule has 1 amide bonds. The van der Waals surface area contributed by atoms with Crippen molar-refractivity contribution in [2.75, 3.05) is 26.6 Å². The summed E-state index contributed by atoms with van der Waals surface area (Å²) in [5, 5.41) is 7.86. The number of hydrogen-bond acceptors (Lipinski definition) is 6. The molecule has 0 aliphatic carbocycles. The third-order valence-electron chi connectivity index (χ3n) is 4.75. The molecular formula is C20H27N3O5S. The van der Waals surface area contributed by atoms with Gasteiger partial charge in [0.05, 0.1) is 25.2 Å². The number of likely N-dealkylation sites (N-methyl/N-ethyl adjacent to an activating group) is 1. The number of benzene rings is 2. The topological polar surface area (TPSA) is 111 Å². The molecular weight excluding hydrogens is 394 g/mol. The lowest BCUT2D eigenvalue weighted by Crippen LogP contribution is -2.39. The van der Waals surface area contributed by atoms with Crippen molar-refractivity contribution in [3.8, 4) is 11.5 Å². The van der Waals surface area contributed by atoms with Crippen molar-refractivity contribution in [2.45, 2.75) is 31.3 Å². The van der Waals surface area contributed by atoms with Gasteiger partial charge in [-0.1, -0.05) is 0 Å². The van der Waals surface area contributed by atoms with Crippen LogP contribution in [0.2, 0.25) is 0 Å². The van der Waals surface area contributed by atoms with Crippen LogP contribution in [0.15, 0.2) is 41.3 Å². The van der Waals surface area contributed by atoms with Crippen molar-refractivity contribution < 1.29 is 22.7 Å². The number of anilines is 1. The molecule has 3 N–H and O–H groups in total. The molecule has 0 aliphatic rings. The van der Waals surface area contributed by atoms with E-state index in [0.717, 1.165) is 11.1 Å². The van der Waals surface area contributed by atoms with E-state index >= 15 is 0 Å². The van der Waals surface area contributed by atoms with Gasteiger partial charge in [-0.05, 0) is 68.4 Å². The number of sulfonamides is 1. The number of carbonyl (C=O) groups is 1. The number of amides is 1. The number of rotatable bonds is 8. The number of ether oxygens (including phenoxy) is 2. The summed E-state index contributed by atoms with van der Waals surface area (Å²) in [6.07, 6.45) is 0. The smallest absolute Gasteiger partial charge is 0.241 e. The molecule has 9 heteroatoms. The van der Waals surface area contributed by atoms with E-state index < -0.39 is 16.1 Å². The first-order valence-electron chi connectivity index (χ1n) is 8.92. The lowest BCUT2D eigenvalue weighted by Gasteiger charge is -2.25. The van der Waals surface area contributed by atoms with Gasteiger partial charge in [-0.25, -0.2) is 13.6 Å². The van der Waals surface area contributed by atoms with E-state index in [1.165, 1.54) is 24.3 Å². The number of carbonyl (C=O) groups excluding carboxylic acids is 1. The quantitative estimate of drug-likeness (QED) is 0.675. The molecule has 0 aromatic heterocycles. The van der Waals surface area contributed by atoms with Gasteiger partial charge in [0.15, 0.2) is 11.5 Å². The van der Waals surface area contributed by atoms with Crippen LogP contribution in [0.3, 0.4) is 0 Å². The van der Waals surface area contributed by atoms with Crippen LogP contribution < -0.4 is 19.9 Å². The van der Waals surface area contributed by atoms with E-state index in [-0.39, 0.29) is 10.8 Å². The van der Waals surface area contributed by atoms with Gasteiger partial charge in [0.25, 0.3) is 0 Å². The standard InChI is InChI=1S/C20H27N3O5S/c1-13-10-18(27-4)19(28-5)11-15(13)12-23(3)14(2)20(24)22-16-6-8-17(9-7-16)29(21,25)26/h6-11,14H,12H2,1-5H3,(H,22,24)(H2,21,25,26)/t14-/m0/s1. The third-order valence-corrected chi connectivity index (χ3v) is 5.68. The molecule has 2 aromatic rings. The first kappa shape index (κ1) is 22.7. The largest absolute Gasteiger partial charge is 0.493 e. The van der Waals surface area contributed by atoms with E-state index in [1.807, 2.05) is 31.0 Å². The van der Waals surface area contributed by atoms with Crippen LogP contribution in [0.25, 0.3) is 0 Å². The maximum absolute atomic E-state index is 12.6. The molecule has 29 heavy (non-hydrogen) atoms. The van der Waals surface area contributed by atoms with E-state index in [2.05, 4.69) is 5.32 Å². The van der Waals surface area contributed by atoms with Crippen LogP contribution in [0.4, 0.5) is 5.69 Å². The average molecular weight is 422 g/mol. The Morgan fingerprint density at radius 2 is 1.69 bits per heavy atom. The van der Waals surface area contributed by atoms with Gasteiger partial charge in [0, 0.05) is 12.2 Å². The molecule has 0 unspecified atom stereocenters. The number of aryl methyl sites for hydroxylation is 1. The Hall–Kier alpha value is -2.62. The second-order valence-electron chi connectivity index (χ2n) is 6.78. The number of methoxy groups -OCH3 is 2. The van der Waals surface area contributed by atoms with Crippen molar-refractivity contribution in [1.29, 1.82) is 0 Å². The van der Waals surface area contributed by atoms with Gasteiger partial charge in [0.2, 0.25) is 15.9 Å². The van der Waals surface area contributed by atoms with Gasteiger partial charge in [-0.3, -0.25) is 9.69 Å². The van der Waals surface area contributed by atoms with Crippen molar-refractivity contribution in [3.05, 3.63) is 47.5 Å². The summed E-state index contributed by atoms with van der Waals surface area (Å²) < 4.78 is 33.3. The minimum Gasteiger partial charge on any atom is -0.493 e. The Morgan fingerprint density at radius 3 is 2.21 bits per heavy atom. The molecule has 2 rings (SSSR count). The minimum absolute atomic E-state index is 0.00964. The predicted octanol–water partition coefficient (Wildman–Crippen LogP) is 2.12. The second kappa shape index (κ2) is 9.25. The zero-order valence-electron chi connectivity index (χ0n) is 17.2. The van der Waals surface area contributed by atoms with E-state index in [0.29, 0.717) is 23.7 Å². The number of nitrogens with two attached hydrogens (primary N) is 1. The Labute approximate surface area is 171 Å². The summed E-state index contributed by atoms with van der Waals surface area (Å²) in [4.78, 5) is 14.5. The highest BCUT2D eigenvalue weighted by Crippen LogP contribution is 2.31. The average Bonchev–Trinajstić information content (AvgIpc) is 2.68. The molecule has 0 aliphatic heterocycles. The Kier molecular flexibility index (Phi) is 7.23. The van der Waals surface area contributed by atoms with Crippen LogP contribution in [-0.4, -0.2) is 46.5 Å². The van der Waals surface area contributed by atoms with E-state index in [1.54, 1.807) is 21.1 Å². The zero-order chi connectivity index (χ0) is 21.8. The first-order valence-corrected chi connectivity index (χ1v) is 10.5. The summed E-state index contributed by atoms with van der Waals surface area (Å²) in [6.45, 7) is 4.30. The predicted molar refractivity (Wildman–Crippen MR) is 112 cm³/mol. The normalized spacial score (nSPS) is 12.5. The highest BCUT2D eigenvalue weighted by Gasteiger charge is 2.20. The van der Waals surface area contributed by atoms with Gasteiger partial charge < -0.3 is 14.8 Å². The fourth-order valence-electron chi connectivity index (χ4n) is 2.77. The van der Waals surface area contributed by atoms with Gasteiger partial charge >= 0.3 is 0 Å². The number of nitrogens with zero attached hydrogens (tertiary/aromatic N) is 1. The maximum atomic E-state index is 12.6. The summed E-state index contributed by atoms with van der Waals surface area (Å²) in [5.41, 5.74) is 2.54. The van der Waals surface area contributed by atoms with Crippen molar-refractivity contribution >= 4 is 21.6 Å². The molecule has 0 radical (unpaired) electrons. The Bertz CT molecular complexity index is 974. The molecule has 2 aromatic carbocycles. The first-order chi connectivity index (χ1) is 13.6.